The number of hydrazone groups is 1. The molecular weight excluding hydrogens is 356 g/mol. The molecule has 1 aliphatic rings. The quantitative estimate of drug-likeness (QED) is 0.246. The van der Waals surface area contributed by atoms with E-state index in [1.54, 1.807) is 29.6 Å². The molecule has 0 aliphatic carbocycles. The first-order valence-electron chi connectivity index (χ1n) is 8.90. The van der Waals surface area contributed by atoms with Crippen molar-refractivity contribution in [3.05, 3.63) is 66.4 Å². The molecule has 2 aromatic heterocycles. The van der Waals surface area contributed by atoms with Crippen molar-refractivity contribution in [2.24, 2.45) is 10.3 Å². The summed E-state index contributed by atoms with van der Waals surface area (Å²) >= 11 is 0. The Morgan fingerprint density at radius 3 is 2.82 bits per heavy atom. The summed E-state index contributed by atoms with van der Waals surface area (Å²) in [7, 11) is 0. The second kappa shape index (κ2) is 6.70. The number of rotatable bonds is 3. The molecule has 3 heterocycles. The van der Waals surface area contributed by atoms with Crippen molar-refractivity contribution in [2.45, 2.75) is 6.42 Å². The summed E-state index contributed by atoms with van der Waals surface area (Å²) in [6.45, 7) is 0.640. The van der Waals surface area contributed by atoms with Gasteiger partial charge in [0.25, 0.3) is 0 Å². The van der Waals surface area contributed by atoms with Gasteiger partial charge in [0.05, 0.1) is 5.56 Å². The maximum atomic E-state index is 9.54. The SMILES string of the molecule is O/N=C(/c1cccnc1Oc1ccc2oc3ccccc3c2c1)N1CCC=N1. The van der Waals surface area contributed by atoms with Gasteiger partial charge in [-0.05, 0) is 36.4 Å². The van der Waals surface area contributed by atoms with Gasteiger partial charge in [0.2, 0.25) is 11.7 Å². The Labute approximate surface area is 160 Å². The molecule has 28 heavy (non-hydrogen) atoms. The van der Waals surface area contributed by atoms with Crippen LogP contribution in [0, 0.1) is 0 Å². The number of amidine groups is 1. The molecule has 7 nitrogen and oxygen atoms in total. The van der Waals surface area contributed by atoms with Crippen LogP contribution in [0.4, 0.5) is 0 Å². The molecule has 0 radical (unpaired) electrons. The second-order valence-corrected chi connectivity index (χ2v) is 6.35. The van der Waals surface area contributed by atoms with Crippen molar-refractivity contribution in [1.82, 2.24) is 9.99 Å². The van der Waals surface area contributed by atoms with Crippen LogP contribution in [-0.2, 0) is 0 Å². The van der Waals surface area contributed by atoms with E-state index in [4.69, 9.17) is 9.15 Å². The number of furan rings is 1. The molecule has 0 atom stereocenters. The highest BCUT2D eigenvalue weighted by atomic mass is 16.5. The van der Waals surface area contributed by atoms with Crippen LogP contribution in [0.15, 0.2) is 75.5 Å². The number of hydrogen-bond acceptors (Lipinski definition) is 6. The number of oxime groups is 1. The smallest absolute Gasteiger partial charge is 0.230 e. The maximum Gasteiger partial charge on any atom is 0.230 e. The normalized spacial score (nSPS) is 14.3. The molecule has 0 saturated carbocycles. The number of fused-ring (bicyclic) bond motifs is 3. The molecule has 1 aliphatic heterocycles. The minimum atomic E-state index is 0.298. The Morgan fingerprint density at radius 1 is 1.07 bits per heavy atom. The van der Waals surface area contributed by atoms with E-state index in [0.717, 1.165) is 28.4 Å². The Bertz CT molecular complexity index is 1230. The molecule has 7 heteroatoms. The lowest BCUT2D eigenvalue weighted by atomic mass is 10.1. The summed E-state index contributed by atoms with van der Waals surface area (Å²) in [5.41, 5.74) is 2.18. The molecule has 2 aromatic carbocycles. The molecule has 0 saturated heterocycles. The van der Waals surface area contributed by atoms with Crippen molar-refractivity contribution in [2.75, 3.05) is 6.54 Å². The van der Waals surface area contributed by atoms with Crippen LogP contribution in [0.5, 0.6) is 11.6 Å². The molecule has 0 fully saturated rings. The van der Waals surface area contributed by atoms with Crippen molar-refractivity contribution < 1.29 is 14.4 Å². The molecule has 0 amide bonds. The van der Waals surface area contributed by atoms with Gasteiger partial charge in [0.15, 0.2) is 0 Å². The van der Waals surface area contributed by atoms with Crippen LogP contribution in [0.25, 0.3) is 21.9 Å². The van der Waals surface area contributed by atoms with Gasteiger partial charge in [-0.1, -0.05) is 23.4 Å². The Kier molecular flexibility index (Phi) is 3.90. The Hall–Kier alpha value is -3.87. The maximum absolute atomic E-state index is 9.54. The van der Waals surface area contributed by atoms with Crippen molar-refractivity contribution in [3.8, 4) is 11.6 Å². The zero-order valence-corrected chi connectivity index (χ0v) is 14.8. The highest BCUT2D eigenvalue weighted by Gasteiger charge is 2.21. The molecule has 138 valence electrons. The van der Waals surface area contributed by atoms with Gasteiger partial charge in [0.1, 0.15) is 16.9 Å². The van der Waals surface area contributed by atoms with Gasteiger partial charge in [0, 0.05) is 36.1 Å². The van der Waals surface area contributed by atoms with Gasteiger partial charge < -0.3 is 14.4 Å². The van der Waals surface area contributed by atoms with Crippen LogP contribution < -0.4 is 4.74 Å². The zero-order valence-electron chi connectivity index (χ0n) is 14.8. The van der Waals surface area contributed by atoms with E-state index in [9.17, 15) is 5.21 Å². The van der Waals surface area contributed by atoms with Crippen molar-refractivity contribution >= 4 is 34.0 Å². The predicted molar refractivity (Wildman–Crippen MR) is 106 cm³/mol. The molecule has 0 unspecified atom stereocenters. The molecule has 0 bridgehead atoms. The predicted octanol–water partition coefficient (Wildman–Crippen LogP) is 4.60. The lowest BCUT2D eigenvalue weighted by molar-refractivity contribution is 0.304. The summed E-state index contributed by atoms with van der Waals surface area (Å²) in [5, 5.41) is 20.8. The summed E-state index contributed by atoms with van der Waals surface area (Å²) in [6, 6.07) is 17.0. The van der Waals surface area contributed by atoms with E-state index in [-0.39, 0.29) is 0 Å². The third kappa shape index (κ3) is 2.73. The van der Waals surface area contributed by atoms with Gasteiger partial charge in [-0.3, -0.25) is 0 Å². The fourth-order valence-corrected chi connectivity index (χ4v) is 3.32. The van der Waals surface area contributed by atoms with E-state index >= 15 is 0 Å². The van der Waals surface area contributed by atoms with Gasteiger partial charge in [-0.25, -0.2) is 9.99 Å². The molecule has 5 rings (SSSR count). The standard InChI is InChI=1S/C21H16N4O3/c26-24-20(25-12-4-11-23-25)16-6-3-10-22-21(16)27-14-8-9-19-17(13-14)15-5-1-2-7-18(15)28-19/h1-3,5-11,13,26H,4,12H2/b24-20-. The number of pyridine rings is 1. The van der Waals surface area contributed by atoms with Gasteiger partial charge >= 0.3 is 0 Å². The molecule has 1 N–H and O–H groups in total. The first kappa shape index (κ1) is 16.3. The molecular formula is C21H16N4O3. The number of para-hydroxylation sites is 1. The van der Waals surface area contributed by atoms with Crippen LogP contribution >= 0.6 is 0 Å². The van der Waals surface area contributed by atoms with E-state index in [2.05, 4.69) is 15.2 Å². The monoisotopic (exact) mass is 372 g/mol. The molecule has 0 spiro atoms. The second-order valence-electron chi connectivity index (χ2n) is 6.35. The summed E-state index contributed by atoms with van der Waals surface area (Å²) < 4.78 is 11.9. The van der Waals surface area contributed by atoms with E-state index in [0.29, 0.717) is 29.6 Å². The number of ether oxygens (including phenoxy) is 1. The Balaban J connectivity index is 1.54. The average molecular weight is 372 g/mol. The van der Waals surface area contributed by atoms with E-state index < -0.39 is 0 Å². The van der Waals surface area contributed by atoms with Gasteiger partial charge in [-0.15, -0.1) is 0 Å². The van der Waals surface area contributed by atoms with Crippen LogP contribution in [-0.4, -0.2) is 33.8 Å². The van der Waals surface area contributed by atoms with Crippen molar-refractivity contribution in [1.29, 1.82) is 0 Å². The van der Waals surface area contributed by atoms with E-state index in [1.165, 1.54) is 0 Å². The number of nitrogens with zero attached hydrogens (tertiary/aromatic N) is 4. The summed E-state index contributed by atoms with van der Waals surface area (Å²) in [5.74, 6) is 1.25. The summed E-state index contributed by atoms with van der Waals surface area (Å²) in [6.07, 6.45) is 4.20. The summed E-state index contributed by atoms with van der Waals surface area (Å²) in [4.78, 5) is 4.33. The van der Waals surface area contributed by atoms with Gasteiger partial charge in [-0.2, -0.15) is 5.10 Å². The lowest BCUT2D eigenvalue weighted by Gasteiger charge is -2.17. The fraction of sp³-hybridized carbons (Fsp3) is 0.0952. The number of hydrogen-bond donors (Lipinski definition) is 1. The first-order valence-corrected chi connectivity index (χ1v) is 8.90. The van der Waals surface area contributed by atoms with Crippen LogP contribution in [0.1, 0.15) is 12.0 Å². The topological polar surface area (TPSA) is 83.5 Å². The zero-order chi connectivity index (χ0) is 18.9. The van der Waals surface area contributed by atoms with E-state index in [1.807, 2.05) is 42.5 Å². The van der Waals surface area contributed by atoms with Crippen molar-refractivity contribution in [3.63, 3.8) is 0 Å². The highest BCUT2D eigenvalue weighted by molar-refractivity contribution is 6.05. The third-order valence-corrected chi connectivity index (χ3v) is 4.61. The first-order chi connectivity index (χ1) is 13.8. The minimum Gasteiger partial charge on any atom is -0.456 e. The lowest BCUT2D eigenvalue weighted by Crippen LogP contribution is -2.25. The minimum absolute atomic E-state index is 0.298. The van der Waals surface area contributed by atoms with Crippen LogP contribution in [0.2, 0.25) is 0 Å². The largest absolute Gasteiger partial charge is 0.456 e. The average Bonchev–Trinajstić information content (AvgIpc) is 3.38. The van der Waals surface area contributed by atoms with Crippen LogP contribution in [0.3, 0.4) is 0 Å². The highest BCUT2D eigenvalue weighted by Crippen LogP contribution is 2.33. The number of benzene rings is 2. The molecule has 4 aromatic rings. The Morgan fingerprint density at radius 2 is 1.96 bits per heavy atom. The fourth-order valence-electron chi connectivity index (χ4n) is 3.32. The third-order valence-electron chi connectivity index (χ3n) is 4.61. The number of aromatic nitrogens is 1.